The molecule has 6 heteroatoms. The average Bonchev–Trinajstić information content (AvgIpc) is 2.47. The highest BCUT2D eigenvalue weighted by molar-refractivity contribution is 5.95. The standard InChI is InChI=1S/C15H18N2O4/c1-10(18)16-13-6-4-11(5-7-13)14(19)17-8-2-3-12(9-17)15(20)21/h4-7,12H,2-3,8-9H2,1H3,(H,16,18)(H,20,21)/t12-/m1/s1. The Morgan fingerprint density at radius 3 is 2.48 bits per heavy atom. The van der Waals surface area contributed by atoms with Crippen LogP contribution >= 0.6 is 0 Å². The fourth-order valence-electron chi connectivity index (χ4n) is 2.45. The van der Waals surface area contributed by atoms with Crippen molar-refractivity contribution in [3.8, 4) is 0 Å². The van der Waals surface area contributed by atoms with E-state index >= 15 is 0 Å². The Balaban J connectivity index is 2.05. The number of rotatable bonds is 3. The molecule has 0 bridgehead atoms. The molecule has 1 aromatic rings. The van der Waals surface area contributed by atoms with Crippen LogP contribution in [0.4, 0.5) is 5.69 Å². The zero-order valence-corrected chi connectivity index (χ0v) is 11.8. The molecule has 0 saturated carbocycles. The molecule has 1 saturated heterocycles. The van der Waals surface area contributed by atoms with Gasteiger partial charge in [-0.1, -0.05) is 0 Å². The number of hydrogen-bond acceptors (Lipinski definition) is 3. The van der Waals surface area contributed by atoms with E-state index in [1.54, 1.807) is 29.2 Å². The van der Waals surface area contributed by atoms with Gasteiger partial charge < -0.3 is 15.3 Å². The largest absolute Gasteiger partial charge is 0.481 e. The third-order valence-corrected chi connectivity index (χ3v) is 3.51. The van der Waals surface area contributed by atoms with Gasteiger partial charge in [0.1, 0.15) is 0 Å². The lowest BCUT2D eigenvalue weighted by Gasteiger charge is -2.30. The van der Waals surface area contributed by atoms with Crippen molar-refractivity contribution in [2.75, 3.05) is 18.4 Å². The molecule has 1 aromatic carbocycles. The molecule has 1 atom stereocenters. The Hall–Kier alpha value is -2.37. The topological polar surface area (TPSA) is 86.7 Å². The molecule has 0 radical (unpaired) electrons. The number of likely N-dealkylation sites (tertiary alicyclic amines) is 1. The summed E-state index contributed by atoms with van der Waals surface area (Å²) in [5.74, 6) is -1.68. The van der Waals surface area contributed by atoms with E-state index in [9.17, 15) is 14.4 Å². The summed E-state index contributed by atoms with van der Waals surface area (Å²) in [6, 6.07) is 6.59. The van der Waals surface area contributed by atoms with Crippen molar-refractivity contribution >= 4 is 23.5 Å². The lowest BCUT2D eigenvalue weighted by Crippen LogP contribution is -2.42. The Kier molecular flexibility index (Phi) is 4.57. The highest BCUT2D eigenvalue weighted by Gasteiger charge is 2.28. The molecule has 0 spiro atoms. The van der Waals surface area contributed by atoms with Gasteiger partial charge in [-0.3, -0.25) is 14.4 Å². The fraction of sp³-hybridized carbons (Fsp3) is 0.400. The Labute approximate surface area is 122 Å². The SMILES string of the molecule is CC(=O)Nc1ccc(C(=O)N2CCC[C@@H](C(=O)O)C2)cc1. The Bertz CT molecular complexity index is 553. The molecule has 1 fully saturated rings. The van der Waals surface area contributed by atoms with Crippen molar-refractivity contribution in [1.29, 1.82) is 0 Å². The summed E-state index contributed by atoms with van der Waals surface area (Å²) in [6.07, 6.45) is 1.31. The van der Waals surface area contributed by atoms with E-state index in [-0.39, 0.29) is 18.4 Å². The van der Waals surface area contributed by atoms with Crippen LogP contribution in [-0.2, 0) is 9.59 Å². The maximum absolute atomic E-state index is 12.3. The quantitative estimate of drug-likeness (QED) is 0.885. The first-order chi connectivity index (χ1) is 9.97. The number of piperidine rings is 1. The summed E-state index contributed by atoms with van der Waals surface area (Å²) in [6.45, 7) is 2.25. The number of benzene rings is 1. The molecule has 2 amide bonds. The highest BCUT2D eigenvalue weighted by atomic mass is 16.4. The molecule has 112 valence electrons. The highest BCUT2D eigenvalue weighted by Crippen LogP contribution is 2.19. The van der Waals surface area contributed by atoms with E-state index in [0.29, 0.717) is 30.6 Å². The first kappa shape index (κ1) is 15.0. The van der Waals surface area contributed by atoms with Crippen LogP contribution in [0.1, 0.15) is 30.1 Å². The molecule has 2 N–H and O–H groups in total. The zero-order chi connectivity index (χ0) is 15.4. The molecule has 6 nitrogen and oxygen atoms in total. The number of nitrogens with zero attached hydrogens (tertiary/aromatic N) is 1. The minimum Gasteiger partial charge on any atom is -0.481 e. The number of nitrogens with one attached hydrogen (secondary N) is 1. The van der Waals surface area contributed by atoms with Crippen LogP contribution in [-0.4, -0.2) is 40.9 Å². The molecule has 1 aliphatic heterocycles. The molecule has 21 heavy (non-hydrogen) atoms. The number of carboxylic acid groups (broad SMARTS) is 1. The van der Waals surface area contributed by atoms with Crippen molar-refractivity contribution in [3.05, 3.63) is 29.8 Å². The number of hydrogen-bond donors (Lipinski definition) is 2. The summed E-state index contributed by atoms with van der Waals surface area (Å²) < 4.78 is 0. The van der Waals surface area contributed by atoms with Gasteiger partial charge in [-0.05, 0) is 37.1 Å². The van der Waals surface area contributed by atoms with E-state index in [1.165, 1.54) is 6.92 Å². The van der Waals surface area contributed by atoms with E-state index in [0.717, 1.165) is 0 Å². The van der Waals surface area contributed by atoms with Crippen LogP contribution < -0.4 is 5.32 Å². The van der Waals surface area contributed by atoms with Gasteiger partial charge in [-0.15, -0.1) is 0 Å². The second-order valence-electron chi connectivity index (χ2n) is 5.19. The predicted molar refractivity (Wildman–Crippen MR) is 77.0 cm³/mol. The van der Waals surface area contributed by atoms with Gasteiger partial charge in [0.2, 0.25) is 5.91 Å². The molecule has 0 aromatic heterocycles. The molecule has 0 unspecified atom stereocenters. The van der Waals surface area contributed by atoms with Gasteiger partial charge in [0.25, 0.3) is 5.91 Å². The number of aliphatic carboxylic acids is 1. The van der Waals surface area contributed by atoms with Gasteiger partial charge in [0.15, 0.2) is 0 Å². The number of amides is 2. The summed E-state index contributed by atoms with van der Waals surface area (Å²) in [5.41, 5.74) is 1.12. The molecule has 1 aliphatic rings. The van der Waals surface area contributed by atoms with Gasteiger partial charge in [0, 0.05) is 31.3 Å². The first-order valence-electron chi connectivity index (χ1n) is 6.87. The summed E-state index contributed by atoms with van der Waals surface area (Å²) in [7, 11) is 0. The average molecular weight is 290 g/mol. The van der Waals surface area contributed by atoms with Crippen molar-refractivity contribution in [1.82, 2.24) is 4.90 Å². The maximum atomic E-state index is 12.3. The van der Waals surface area contributed by atoms with E-state index in [4.69, 9.17) is 5.11 Å². The lowest BCUT2D eigenvalue weighted by molar-refractivity contribution is -0.143. The van der Waals surface area contributed by atoms with Gasteiger partial charge in [-0.2, -0.15) is 0 Å². The first-order valence-corrected chi connectivity index (χ1v) is 6.87. The van der Waals surface area contributed by atoms with Gasteiger partial charge in [-0.25, -0.2) is 0 Å². The lowest BCUT2D eigenvalue weighted by atomic mass is 9.97. The molecular weight excluding hydrogens is 272 g/mol. The van der Waals surface area contributed by atoms with Crippen molar-refractivity contribution in [2.45, 2.75) is 19.8 Å². The van der Waals surface area contributed by atoms with Crippen LogP contribution in [0.2, 0.25) is 0 Å². The van der Waals surface area contributed by atoms with Crippen molar-refractivity contribution in [3.63, 3.8) is 0 Å². The Morgan fingerprint density at radius 1 is 1.24 bits per heavy atom. The smallest absolute Gasteiger partial charge is 0.308 e. The third kappa shape index (κ3) is 3.81. The number of carbonyl (C=O) groups excluding carboxylic acids is 2. The second kappa shape index (κ2) is 6.39. The molecular formula is C15H18N2O4. The predicted octanol–water partition coefficient (Wildman–Crippen LogP) is 1.58. The summed E-state index contributed by atoms with van der Waals surface area (Å²) >= 11 is 0. The maximum Gasteiger partial charge on any atom is 0.308 e. The van der Waals surface area contributed by atoms with Crippen LogP contribution in [0.25, 0.3) is 0 Å². The van der Waals surface area contributed by atoms with Gasteiger partial charge in [0.05, 0.1) is 5.92 Å². The molecule has 1 heterocycles. The second-order valence-corrected chi connectivity index (χ2v) is 5.19. The molecule has 0 aliphatic carbocycles. The monoisotopic (exact) mass is 290 g/mol. The van der Waals surface area contributed by atoms with Crippen LogP contribution in [0.3, 0.4) is 0 Å². The normalized spacial score (nSPS) is 18.1. The summed E-state index contributed by atoms with van der Waals surface area (Å²) in [4.78, 5) is 35.9. The molecule has 2 rings (SSSR count). The van der Waals surface area contributed by atoms with Crippen molar-refractivity contribution < 1.29 is 19.5 Å². The Morgan fingerprint density at radius 2 is 1.90 bits per heavy atom. The summed E-state index contributed by atoms with van der Waals surface area (Å²) in [5, 5.41) is 11.7. The number of carboxylic acids is 1. The minimum atomic E-state index is -0.853. The van der Waals surface area contributed by atoms with E-state index in [2.05, 4.69) is 5.32 Å². The minimum absolute atomic E-state index is 0.171. The van der Waals surface area contributed by atoms with Crippen LogP contribution in [0.15, 0.2) is 24.3 Å². The zero-order valence-electron chi connectivity index (χ0n) is 11.8. The van der Waals surface area contributed by atoms with Gasteiger partial charge >= 0.3 is 5.97 Å². The van der Waals surface area contributed by atoms with Crippen molar-refractivity contribution in [2.24, 2.45) is 5.92 Å². The fourth-order valence-corrected chi connectivity index (χ4v) is 2.45. The number of anilines is 1. The van der Waals surface area contributed by atoms with E-state index < -0.39 is 11.9 Å². The van der Waals surface area contributed by atoms with E-state index in [1.807, 2.05) is 0 Å². The number of carbonyl (C=O) groups is 3. The van der Waals surface area contributed by atoms with Crippen LogP contribution in [0, 0.1) is 5.92 Å². The third-order valence-electron chi connectivity index (χ3n) is 3.51. The van der Waals surface area contributed by atoms with Crippen LogP contribution in [0.5, 0.6) is 0 Å².